The van der Waals surface area contributed by atoms with E-state index < -0.39 is 0 Å². The van der Waals surface area contributed by atoms with Crippen molar-refractivity contribution >= 4 is 28.3 Å². The van der Waals surface area contributed by atoms with Crippen molar-refractivity contribution < 1.29 is 4.79 Å². The summed E-state index contributed by atoms with van der Waals surface area (Å²) >= 11 is 0. The number of hydrogen-bond acceptors (Lipinski definition) is 9. The summed E-state index contributed by atoms with van der Waals surface area (Å²) < 4.78 is 0. The number of pyridine rings is 3. The zero-order valence-corrected chi connectivity index (χ0v) is 20.2. The molecule has 0 aliphatic carbocycles. The first-order valence-electron chi connectivity index (χ1n) is 11.6. The predicted octanol–water partition coefficient (Wildman–Crippen LogP) is 2.73. The standard InChI is InChI=1S/C26H28N8O/c1-32(2)26-17-27-16-23(31-26)21-5-4-19-15-29-20(13-22(19)30-21)14-24(35)18-6-7-28-25(12-18)34-10-8-33(3)9-11-34/h4-7,12-13,15-17H,8-11,14H2,1-3H3. The van der Waals surface area contributed by atoms with Gasteiger partial charge in [0, 0.05) is 63.6 Å². The summed E-state index contributed by atoms with van der Waals surface area (Å²) in [6, 6.07) is 9.42. The number of Topliss-reactive ketones (excluding diaryl/α,β-unsaturated/α-hetero) is 1. The molecule has 1 fully saturated rings. The van der Waals surface area contributed by atoms with Crippen LogP contribution in [0.4, 0.5) is 11.6 Å². The summed E-state index contributed by atoms with van der Waals surface area (Å²) in [7, 11) is 5.97. The quantitative estimate of drug-likeness (QED) is 0.396. The summed E-state index contributed by atoms with van der Waals surface area (Å²) in [6.45, 7) is 3.79. The average molecular weight is 469 g/mol. The first-order chi connectivity index (χ1) is 17.0. The van der Waals surface area contributed by atoms with Gasteiger partial charge in [-0.15, -0.1) is 0 Å². The van der Waals surface area contributed by atoms with Crippen LogP contribution in [-0.2, 0) is 6.42 Å². The largest absolute Gasteiger partial charge is 0.361 e. The number of carbonyl (C=O) groups is 1. The maximum Gasteiger partial charge on any atom is 0.169 e. The molecule has 9 heteroatoms. The number of piperazine rings is 1. The molecule has 178 valence electrons. The smallest absolute Gasteiger partial charge is 0.169 e. The SMILES string of the molecule is CN1CCN(c2cc(C(=O)Cc3cc4nc(-c5cncc(N(C)C)n5)ccc4cn3)ccn2)CC1. The molecule has 35 heavy (non-hydrogen) atoms. The second kappa shape index (κ2) is 9.71. The van der Waals surface area contributed by atoms with E-state index >= 15 is 0 Å². The van der Waals surface area contributed by atoms with Gasteiger partial charge in [-0.3, -0.25) is 14.8 Å². The molecule has 0 radical (unpaired) electrons. The van der Waals surface area contributed by atoms with Gasteiger partial charge in [-0.2, -0.15) is 0 Å². The average Bonchev–Trinajstić information content (AvgIpc) is 2.89. The Kier molecular flexibility index (Phi) is 6.33. The second-order valence-corrected chi connectivity index (χ2v) is 9.01. The molecule has 1 aliphatic rings. The van der Waals surface area contributed by atoms with Gasteiger partial charge in [-0.05, 0) is 37.4 Å². The number of aromatic nitrogens is 5. The zero-order valence-electron chi connectivity index (χ0n) is 20.2. The fourth-order valence-electron chi connectivity index (χ4n) is 4.06. The predicted molar refractivity (Wildman–Crippen MR) is 137 cm³/mol. The number of likely N-dealkylation sites (N-methyl/N-ethyl adjacent to an activating group) is 1. The lowest BCUT2D eigenvalue weighted by Crippen LogP contribution is -2.44. The highest BCUT2D eigenvalue weighted by Crippen LogP contribution is 2.22. The fraction of sp³-hybridized carbons (Fsp3) is 0.308. The Morgan fingerprint density at radius 1 is 0.943 bits per heavy atom. The van der Waals surface area contributed by atoms with Crippen LogP contribution in [0.2, 0.25) is 0 Å². The van der Waals surface area contributed by atoms with Gasteiger partial charge >= 0.3 is 0 Å². The van der Waals surface area contributed by atoms with Gasteiger partial charge in [-0.25, -0.2) is 15.0 Å². The van der Waals surface area contributed by atoms with Crippen molar-refractivity contribution in [1.82, 2.24) is 29.8 Å². The third kappa shape index (κ3) is 5.09. The van der Waals surface area contributed by atoms with E-state index in [9.17, 15) is 4.79 Å². The summed E-state index contributed by atoms with van der Waals surface area (Å²) in [4.78, 5) is 42.2. The van der Waals surface area contributed by atoms with E-state index in [-0.39, 0.29) is 12.2 Å². The molecule has 0 N–H and O–H groups in total. The molecule has 0 atom stereocenters. The molecule has 1 aliphatic heterocycles. The molecule has 5 rings (SSSR count). The Morgan fingerprint density at radius 3 is 2.57 bits per heavy atom. The van der Waals surface area contributed by atoms with E-state index in [0.717, 1.165) is 54.4 Å². The molecule has 0 unspecified atom stereocenters. The third-order valence-electron chi connectivity index (χ3n) is 6.21. The van der Waals surface area contributed by atoms with Crippen LogP contribution < -0.4 is 9.80 Å². The minimum absolute atomic E-state index is 0.00957. The van der Waals surface area contributed by atoms with E-state index in [2.05, 4.69) is 36.8 Å². The lowest BCUT2D eigenvalue weighted by atomic mass is 10.1. The van der Waals surface area contributed by atoms with Gasteiger partial charge in [-0.1, -0.05) is 0 Å². The maximum absolute atomic E-state index is 13.1. The van der Waals surface area contributed by atoms with Crippen LogP contribution in [0.1, 0.15) is 16.1 Å². The van der Waals surface area contributed by atoms with Gasteiger partial charge in [0.25, 0.3) is 0 Å². The molecule has 0 spiro atoms. The molecule has 5 heterocycles. The lowest BCUT2D eigenvalue weighted by molar-refractivity contribution is 0.0992. The zero-order chi connectivity index (χ0) is 24.4. The van der Waals surface area contributed by atoms with Crippen LogP contribution in [-0.4, -0.2) is 82.9 Å². The van der Waals surface area contributed by atoms with Crippen LogP contribution in [0.5, 0.6) is 0 Å². The number of carbonyl (C=O) groups excluding carboxylic acids is 1. The Morgan fingerprint density at radius 2 is 1.77 bits per heavy atom. The van der Waals surface area contributed by atoms with E-state index in [1.165, 1.54) is 0 Å². The maximum atomic E-state index is 13.1. The summed E-state index contributed by atoms with van der Waals surface area (Å²) in [5.74, 6) is 1.62. The van der Waals surface area contributed by atoms with Crippen LogP contribution in [0.3, 0.4) is 0 Å². The number of fused-ring (bicyclic) bond motifs is 1. The number of hydrogen-bond donors (Lipinski definition) is 0. The molecule has 0 amide bonds. The molecule has 0 aromatic carbocycles. The van der Waals surface area contributed by atoms with Crippen molar-refractivity contribution in [2.45, 2.75) is 6.42 Å². The highest BCUT2D eigenvalue weighted by Gasteiger charge is 2.17. The first-order valence-corrected chi connectivity index (χ1v) is 11.6. The Labute approximate surface area is 204 Å². The molecule has 0 bridgehead atoms. The Hall–Kier alpha value is -3.98. The van der Waals surface area contributed by atoms with Crippen LogP contribution >= 0.6 is 0 Å². The van der Waals surface area contributed by atoms with Crippen molar-refractivity contribution in [3.05, 3.63) is 66.4 Å². The number of rotatable bonds is 6. The normalized spacial score (nSPS) is 14.3. The van der Waals surface area contributed by atoms with Crippen LogP contribution in [0.15, 0.2) is 55.1 Å². The van der Waals surface area contributed by atoms with Gasteiger partial charge in [0.1, 0.15) is 17.3 Å². The summed E-state index contributed by atoms with van der Waals surface area (Å²) in [5, 5.41) is 0.905. The second-order valence-electron chi connectivity index (χ2n) is 9.01. The Balaban J connectivity index is 1.36. The molecule has 4 aromatic heterocycles. The number of ketones is 1. The van der Waals surface area contributed by atoms with E-state index in [4.69, 9.17) is 4.98 Å². The minimum atomic E-state index is 0.00957. The molecular formula is C26H28N8O. The molecule has 4 aromatic rings. The monoisotopic (exact) mass is 468 g/mol. The minimum Gasteiger partial charge on any atom is -0.361 e. The van der Waals surface area contributed by atoms with Crippen LogP contribution in [0, 0.1) is 0 Å². The Bertz CT molecular complexity index is 1360. The van der Waals surface area contributed by atoms with E-state index in [1.807, 2.05) is 43.3 Å². The summed E-state index contributed by atoms with van der Waals surface area (Å²) in [6.07, 6.45) is 7.09. The topological polar surface area (TPSA) is 91.2 Å². The lowest BCUT2D eigenvalue weighted by Gasteiger charge is -2.33. The number of anilines is 2. The first kappa shape index (κ1) is 22.8. The molecule has 1 saturated heterocycles. The molecule has 9 nitrogen and oxygen atoms in total. The van der Waals surface area contributed by atoms with Crippen LogP contribution in [0.25, 0.3) is 22.3 Å². The van der Waals surface area contributed by atoms with Gasteiger partial charge in [0.15, 0.2) is 5.78 Å². The van der Waals surface area contributed by atoms with Crippen molar-refractivity contribution in [3.8, 4) is 11.4 Å². The molecular weight excluding hydrogens is 440 g/mol. The third-order valence-corrected chi connectivity index (χ3v) is 6.21. The van der Waals surface area contributed by atoms with Crippen molar-refractivity contribution in [1.29, 1.82) is 0 Å². The van der Waals surface area contributed by atoms with E-state index in [1.54, 1.807) is 30.9 Å². The highest BCUT2D eigenvalue weighted by atomic mass is 16.1. The van der Waals surface area contributed by atoms with Crippen molar-refractivity contribution in [2.24, 2.45) is 0 Å². The van der Waals surface area contributed by atoms with Crippen molar-refractivity contribution in [2.75, 3.05) is 57.1 Å². The highest BCUT2D eigenvalue weighted by molar-refractivity contribution is 5.98. The van der Waals surface area contributed by atoms with Crippen molar-refractivity contribution in [3.63, 3.8) is 0 Å². The van der Waals surface area contributed by atoms with Gasteiger partial charge in [0.2, 0.25) is 0 Å². The van der Waals surface area contributed by atoms with E-state index in [0.29, 0.717) is 17.0 Å². The fourth-order valence-corrected chi connectivity index (χ4v) is 4.06. The molecule has 0 saturated carbocycles. The van der Waals surface area contributed by atoms with Gasteiger partial charge < -0.3 is 14.7 Å². The van der Waals surface area contributed by atoms with Gasteiger partial charge in [0.05, 0.1) is 35.7 Å². The number of nitrogens with zero attached hydrogens (tertiary/aromatic N) is 8. The summed E-state index contributed by atoms with van der Waals surface area (Å²) in [5.41, 5.74) is 3.51.